The van der Waals surface area contributed by atoms with Crippen LogP contribution in [-0.4, -0.2) is 40.8 Å². The minimum Gasteiger partial charge on any atom is -0.778 e. The van der Waals surface area contributed by atoms with Gasteiger partial charge in [0.1, 0.15) is 13.7 Å². The summed E-state index contributed by atoms with van der Waals surface area (Å²) in [6.45, 7) is 0.940. The largest absolute Gasteiger partial charge is 0.778 e. The van der Waals surface area contributed by atoms with Crippen molar-refractivity contribution in [2.24, 2.45) is 0 Å². The first-order chi connectivity index (χ1) is 9.30. The van der Waals surface area contributed by atoms with Gasteiger partial charge in [-0.3, -0.25) is 8.88 Å². The SMILES string of the molecule is C[C@H]1CC(O)[C@@H](COP(=O)([O-])OP(=O)([O-])CP(=O)([O-])O)O1. The van der Waals surface area contributed by atoms with E-state index >= 15 is 0 Å². The van der Waals surface area contributed by atoms with Gasteiger partial charge in [-0.2, -0.15) is 0 Å². The van der Waals surface area contributed by atoms with Crippen LogP contribution in [0.15, 0.2) is 0 Å². The summed E-state index contributed by atoms with van der Waals surface area (Å²) in [7, 11) is -16.1. The summed E-state index contributed by atoms with van der Waals surface area (Å²) in [6, 6.07) is 0. The Kier molecular flexibility index (Phi) is 6.35. The highest BCUT2D eigenvalue weighted by Gasteiger charge is 2.33. The fourth-order valence-corrected chi connectivity index (χ4v) is 5.83. The number of aliphatic hydroxyl groups is 1. The lowest BCUT2D eigenvalue weighted by atomic mass is 10.1. The molecule has 1 fully saturated rings. The maximum absolute atomic E-state index is 11.3. The van der Waals surface area contributed by atoms with Crippen LogP contribution in [0, 0.1) is 0 Å². The second-order valence-electron chi connectivity index (χ2n) is 4.50. The molecule has 0 spiro atoms. The third-order valence-corrected chi connectivity index (χ3v) is 7.46. The number of aliphatic hydroxyl groups excluding tert-OH is 1. The van der Waals surface area contributed by atoms with Gasteiger partial charge < -0.3 is 43.1 Å². The van der Waals surface area contributed by atoms with E-state index in [9.17, 15) is 33.5 Å². The molecule has 14 heteroatoms. The molecule has 1 rings (SSSR count). The maximum atomic E-state index is 11.3. The first-order valence-electron chi connectivity index (χ1n) is 5.63. The van der Waals surface area contributed by atoms with Gasteiger partial charge in [0.25, 0.3) is 7.82 Å². The average Bonchev–Trinajstić information content (AvgIpc) is 2.48. The van der Waals surface area contributed by atoms with E-state index in [0.29, 0.717) is 0 Å². The zero-order chi connectivity index (χ0) is 16.5. The van der Waals surface area contributed by atoms with E-state index in [1.54, 1.807) is 6.92 Å². The minimum absolute atomic E-state index is 0.252. The van der Waals surface area contributed by atoms with Crippen LogP contribution < -0.4 is 14.7 Å². The van der Waals surface area contributed by atoms with Crippen LogP contribution in [0.3, 0.4) is 0 Å². The molecule has 0 bridgehead atoms. The molecule has 2 N–H and O–H groups in total. The lowest BCUT2D eigenvalue weighted by Gasteiger charge is -2.33. The van der Waals surface area contributed by atoms with Crippen LogP contribution in [0.25, 0.3) is 0 Å². The van der Waals surface area contributed by atoms with Gasteiger partial charge in [0.2, 0.25) is 0 Å². The smallest absolute Gasteiger partial charge is 0.272 e. The molecule has 0 aromatic rings. The molecule has 0 saturated carbocycles. The van der Waals surface area contributed by atoms with Crippen LogP contribution in [0.4, 0.5) is 0 Å². The Morgan fingerprint density at radius 2 is 1.86 bits per heavy atom. The molecule has 0 amide bonds. The predicted molar refractivity (Wildman–Crippen MR) is 61.9 cm³/mol. The summed E-state index contributed by atoms with van der Waals surface area (Å²) in [4.78, 5) is 41.2. The second kappa shape index (κ2) is 6.86. The number of ether oxygens (including phenoxy) is 1. The summed E-state index contributed by atoms with van der Waals surface area (Å²) in [5.41, 5.74) is 0. The van der Waals surface area contributed by atoms with Gasteiger partial charge in [0.15, 0.2) is 7.60 Å². The third kappa shape index (κ3) is 7.45. The summed E-state index contributed by atoms with van der Waals surface area (Å²) < 4.78 is 45.8. The molecule has 1 aliphatic heterocycles. The highest BCUT2D eigenvalue weighted by molar-refractivity contribution is 7.72. The van der Waals surface area contributed by atoms with Crippen molar-refractivity contribution in [3.8, 4) is 0 Å². The molecule has 0 radical (unpaired) electrons. The van der Waals surface area contributed by atoms with Crippen molar-refractivity contribution in [3.05, 3.63) is 0 Å². The molecular formula is C7H14O11P3-3. The molecule has 126 valence electrons. The summed E-state index contributed by atoms with van der Waals surface area (Å²) in [5.74, 6) is -1.88. The molecule has 11 nitrogen and oxygen atoms in total. The molecule has 1 heterocycles. The van der Waals surface area contributed by atoms with Crippen molar-refractivity contribution in [2.75, 3.05) is 12.5 Å². The van der Waals surface area contributed by atoms with Crippen molar-refractivity contribution in [1.82, 2.24) is 0 Å². The van der Waals surface area contributed by atoms with Crippen molar-refractivity contribution in [2.45, 2.75) is 31.7 Å². The molecule has 21 heavy (non-hydrogen) atoms. The molecule has 1 saturated heterocycles. The van der Waals surface area contributed by atoms with E-state index in [4.69, 9.17) is 9.63 Å². The predicted octanol–water partition coefficient (Wildman–Crippen LogP) is -1.92. The maximum Gasteiger partial charge on any atom is 0.272 e. The summed E-state index contributed by atoms with van der Waals surface area (Å²) in [6.07, 6.45) is -2.05. The van der Waals surface area contributed by atoms with Gasteiger partial charge >= 0.3 is 0 Å². The highest BCUT2D eigenvalue weighted by Crippen LogP contribution is 2.60. The van der Waals surface area contributed by atoms with Crippen molar-refractivity contribution >= 4 is 23.0 Å². The van der Waals surface area contributed by atoms with E-state index in [1.807, 2.05) is 0 Å². The van der Waals surface area contributed by atoms with Crippen LogP contribution >= 0.6 is 23.0 Å². The fraction of sp³-hybridized carbons (Fsp3) is 1.00. The lowest BCUT2D eigenvalue weighted by molar-refractivity contribution is -0.233. The number of phosphoric ester groups is 1. The number of phosphoric acid groups is 1. The normalized spacial score (nSPS) is 34.9. The molecule has 1 aliphatic rings. The van der Waals surface area contributed by atoms with Crippen LogP contribution in [0.5, 0.6) is 0 Å². The van der Waals surface area contributed by atoms with E-state index in [0.717, 1.165) is 0 Å². The second-order valence-corrected chi connectivity index (χ2v) is 9.94. The third-order valence-electron chi connectivity index (χ3n) is 2.38. The fourth-order valence-electron chi connectivity index (χ4n) is 1.67. The van der Waals surface area contributed by atoms with Crippen molar-refractivity contribution in [1.29, 1.82) is 0 Å². The van der Waals surface area contributed by atoms with Crippen molar-refractivity contribution in [3.63, 3.8) is 0 Å². The van der Waals surface area contributed by atoms with Gasteiger partial charge in [-0.05, 0) is 6.92 Å². The van der Waals surface area contributed by atoms with Gasteiger partial charge in [-0.25, -0.2) is 0 Å². The molecule has 0 aromatic heterocycles. The van der Waals surface area contributed by atoms with Crippen LogP contribution in [0.1, 0.15) is 13.3 Å². The molecule has 0 aromatic carbocycles. The number of rotatable bonds is 7. The first-order valence-corrected chi connectivity index (χ1v) is 10.6. The Morgan fingerprint density at radius 1 is 1.29 bits per heavy atom. The Balaban J connectivity index is 2.56. The van der Waals surface area contributed by atoms with Gasteiger partial charge in [-0.1, -0.05) is 0 Å². The zero-order valence-electron chi connectivity index (χ0n) is 10.8. The average molecular weight is 367 g/mol. The number of hydrogen-bond donors (Lipinski definition) is 2. The Bertz CT molecular complexity index is 500. The Labute approximate surface area is 120 Å². The topological polar surface area (TPSA) is 189 Å². The van der Waals surface area contributed by atoms with Gasteiger partial charge in [0.05, 0.1) is 24.7 Å². The molecule has 0 aliphatic carbocycles. The summed E-state index contributed by atoms with van der Waals surface area (Å²) in [5, 5.41) is 9.48. The standard InChI is InChI=1S/C7H17O11P3/c1-5-2-6(8)7(17-5)3-16-21(14,15)18-20(12,13)4-19(9,10)11/h5-8H,2-4H2,1H3,(H,12,13)(H,14,15)(H2,9,10,11)/p-3/t5-,6?,7+/m0/s1. The quantitative estimate of drug-likeness (QED) is 0.477. The Morgan fingerprint density at radius 3 is 2.29 bits per heavy atom. The zero-order valence-corrected chi connectivity index (χ0v) is 13.4. The van der Waals surface area contributed by atoms with E-state index in [-0.39, 0.29) is 12.5 Å². The number of hydrogen-bond acceptors (Lipinski definition) is 10. The van der Waals surface area contributed by atoms with Crippen LogP contribution in [0.2, 0.25) is 0 Å². The van der Waals surface area contributed by atoms with Crippen molar-refractivity contribution < 1.29 is 51.9 Å². The lowest BCUT2D eigenvalue weighted by Crippen LogP contribution is -2.27. The first kappa shape index (κ1) is 19.4. The van der Waals surface area contributed by atoms with Gasteiger partial charge in [-0.15, -0.1) is 0 Å². The van der Waals surface area contributed by atoms with E-state index < -0.39 is 47.7 Å². The minimum atomic E-state index is -5.40. The molecule has 6 atom stereocenters. The Hall–Kier alpha value is 0.370. The molecular weight excluding hydrogens is 353 g/mol. The van der Waals surface area contributed by atoms with Gasteiger partial charge in [0, 0.05) is 6.42 Å². The highest BCUT2D eigenvalue weighted by atomic mass is 31.3. The van der Waals surface area contributed by atoms with Crippen LogP contribution in [-0.2, 0) is 27.3 Å². The molecule has 4 unspecified atom stereocenters. The monoisotopic (exact) mass is 367 g/mol. The van der Waals surface area contributed by atoms with E-state index in [1.165, 1.54) is 0 Å². The summed E-state index contributed by atoms with van der Waals surface area (Å²) >= 11 is 0. The van der Waals surface area contributed by atoms with E-state index in [2.05, 4.69) is 8.83 Å².